The molecular formula is C17H30O7. The van der Waals surface area contributed by atoms with Crippen LogP contribution in [-0.4, -0.2) is 54.9 Å². The van der Waals surface area contributed by atoms with E-state index in [-0.39, 0.29) is 6.61 Å². The Bertz CT molecular complexity index is 385. The zero-order valence-corrected chi connectivity index (χ0v) is 14.9. The smallest absolute Gasteiger partial charge is 0.303 e. The molecule has 0 saturated carbocycles. The van der Waals surface area contributed by atoms with Crippen LogP contribution in [-0.2, 0) is 28.5 Å². The first-order chi connectivity index (χ1) is 11.5. The van der Waals surface area contributed by atoms with Crippen molar-refractivity contribution in [3.8, 4) is 0 Å². The van der Waals surface area contributed by atoms with Gasteiger partial charge in [0, 0.05) is 20.5 Å². The van der Waals surface area contributed by atoms with Gasteiger partial charge in [-0.15, -0.1) is 0 Å². The molecule has 1 aliphatic rings. The van der Waals surface area contributed by atoms with E-state index in [4.69, 9.17) is 18.9 Å². The quantitative estimate of drug-likeness (QED) is 0.477. The first-order valence-electron chi connectivity index (χ1n) is 8.71. The van der Waals surface area contributed by atoms with Crippen LogP contribution in [0.15, 0.2) is 0 Å². The van der Waals surface area contributed by atoms with Gasteiger partial charge in [0.1, 0.15) is 6.10 Å². The van der Waals surface area contributed by atoms with E-state index in [0.29, 0.717) is 6.61 Å². The number of unbranched alkanes of at least 4 members (excludes halogenated alkanes) is 5. The van der Waals surface area contributed by atoms with Crippen LogP contribution in [0.4, 0.5) is 0 Å². The molecule has 4 atom stereocenters. The number of carbonyl (C=O) groups is 2. The largest absolute Gasteiger partial charge is 0.457 e. The number of hydrogen-bond donors (Lipinski definition) is 1. The molecule has 1 aliphatic heterocycles. The third-order valence-corrected chi connectivity index (χ3v) is 3.81. The molecule has 7 heteroatoms. The molecule has 1 saturated heterocycles. The third kappa shape index (κ3) is 7.59. The molecule has 0 amide bonds. The van der Waals surface area contributed by atoms with Crippen LogP contribution >= 0.6 is 0 Å². The van der Waals surface area contributed by atoms with E-state index in [9.17, 15) is 14.7 Å². The summed E-state index contributed by atoms with van der Waals surface area (Å²) in [7, 11) is 0. The number of hydrogen-bond acceptors (Lipinski definition) is 7. The van der Waals surface area contributed by atoms with Crippen LogP contribution in [0.3, 0.4) is 0 Å². The highest BCUT2D eigenvalue weighted by atomic mass is 16.7. The minimum absolute atomic E-state index is 0.000319. The van der Waals surface area contributed by atoms with Gasteiger partial charge in [0.2, 0.25) is 0 Å². The van der Waals surface area contributed by atoms with Gasteiger partial charge in [-0.25, -0.2) is 0 Å². The van der Waals surface area contributed by atoms with E-state index in [2.05, 4.69) is 6.92 Å². The lowest BCUT2D eigenvalue weighted by molar-refractivity contribution is -0.277. The van der Waals surface area contributed by atoms with Crippen molar-refractivity contribution in [2.24, 2.45) is 0 Å². The predicted octanol–water partition coefficient (Wildman–Crippen LogP) is 1.94. The van der Waals surface area contributed by atoms with Crippen LogP contribution in [0.5, 0.6) is 0 Å². The van der Waals surface area contributed by atoms with Crippen molar-refractivity contribution in [3.63, 3.8) is 0 Å². The van der Waals surface area contributed by atoms with Gasteiger partial charge in [-0.05, 0) is 6.42 Å². The Morgan fingerprint density at radius 2 is 1.67 bits per heavy atom. The maximum Gasteiger partial charge on any atom is 0.303 e. The molecule has 7 nitrogen and oxygen atoms in total. The number of rotatable bonds is 10. The Labute approximate surface area is 143 Å². The van der Waals surface area contributed by atoms with Gasteiger partial charge in [0.25, 0.3) is 0 Å². The van der Waals surface area contributed by atoms with Crippen molar-refractivity contribution in [1.82, 2.24) is 0 Å². The molecule has 1 rings (SSSR count). The topological polar surface area (TPSA) is 91.3 Å². The molecule has 1 fully saturated rings. The van der Waals surface area contributed by atoms with Gasteiger partial charge in [-0.3, -0.25) is 9.59 Å². The molecule has 0 radical (unpaired) electrons. The fourth-order valence-corrected chi connectivity index (χ4v) is 2.61. The van der Waals surface area contributed by atoms with Crippen molar-refractivity contribution >= 4 is 11.9 Å². The van der Waals surface area contributed by atoms with Gasteiger partial charge < -0.3 is 24.1 Å². The normalized spacial score (nSPS) is 26.8. The lowest BCUT2D eigenvalue weighted by atomic mass is 10.0. The standard InChI is InChI=1S/C17H30O7/c1-4-5-6-7-8-9-10-21-17-16(24-13(3)19)15(20)14(11-22-17)23-12(2)18/h14-17,20H,4-11H2,1-3H3/t14-,15+,16-,17-/m1/s1. The second kappa shape index (κ2) is 11.4. The molecule has 0 aliphatic carbocycles. The van der Waals surface area contributed by atoms with E-state index < -0.39 is 36.5 Å². The number of aliphatic hydroxyl groups is 1. The highest BCUT2D eigenvalue weighted by Gasteiger charge is 2.44. The maximum atomic E-state index is 11.3. The van der Waals surface area contributed by atoms with Crippen LogP contribution in [0.1, 0.15) is 59.3 Å². The molecule has 140 valence electrons. The van der Waals surface area contributed by atoms with Gasteiger partial charge >= 0.3 is 11.9 Å². The second-order valence-corrected chi connectivity index (χ2v) is 6.05. The van der Waals surface area contributed by atoms with Crippen molar-refractivity contribution in [2.75, 3.05) is 13.2 Å². The number of esters is 2. The highest BCUT2D eigenvalue weighted by Crippen LogP contribution is 2.22. The Morgan fingerprint density at radius 1 is 1.04 bits per heavy atom. The summed E-state index contributed by atoms with van der Waals surface area (Å²) in [5.74, 6) is -1.09. The van der Waals surface area contributed by atoms with Crippen molar-refractivity contribution < 1.29 is 33.6 Å². The number of ether oxygens (including phenoxy) is 4. The maximum absolute atomic E-state index is 11.3. The molecule has 0 bridgehead atoms. The van der Waals surface area contributed by atoms with Crippen LogP contribution < -0.4 is 0 Å². The summed E-state index contributed by atoms with van der Waals surface area (Å²) in [5, 5.41) is 10.3. The molecule has 0 spiro atoms. The molecule has 0 aromatic rings. The SMILES string of the molecule is CCCCCCCCO[C@@H]1OC[C@@H](OC(C)=O)[C@H](O)[C@H]1OC(C)=O. The number of aliphatic hydroxyl groups excluding tert-OH is 1. The highest BCUT2D eigenvalue weighted by molar-refractivity contribution is 5.67. The van der Waals surface area contributed by atoms with Crippen molar-refractivity contribution in [2.45, 2.75) is 83.9 Å². The summed E-state index contributed by atoms with van der Waals surface area (Å²) in [6.07, 6.45) is 2.84. The van der Waals surface area contributed by atoms with E-state index in [1.54, 1.807) is 0 Å². The second-order valence-electron chi connectivity index (χ2n) is 6.05. The summed E-state index contributed by atoms with van der Waals surface area (Å²) in [4.78, 5) is 22.3. The monoisotopic (exact) mass is 346 g/mol. The van der Waals surface area contributed by atoms with Gasteiger partial charge in [0.05, 0.1) is 6.61 Å². The Morgan fingerprint density at radius 3 is 2.29 bits per heavy atom. The molecular weight excluding hydrogens is 316 g/mol. The first-order valence-corrected chi connectivity index (χ1v) is 8.71. The minimum Gasteiger partial charge on any atom is -0.457 e. The van der Waals surface area contributed by atoms with Gasteiger partial charge in [-0.2, -0.15) is 0 Å². The molecule has 0 aromatic heterocycles. The lowest BCUT2D eigenvalue weighted by Crippen LogP contribution is -2.56. The van der Waals surface area contributed by atoms with Crippen LogP contribution in [0, 0.1) is 0 Å². The van der Waals surface area contributed by atoms with E-state index in [0.717, 1.165) is 19.3 Å². The Balaban J connectivity index is 2.43. The average molecular weight is 346 g/mol. The van der Waals surface area contributed by atoms with Crippen LogP contribution in [0.2, 0.25) is 0 Å². The van der Waals surface area contributed by atoms with E-state index in [1.807, 2.05) is 0 Å². The van der Waals surface area contributed by atoms with Crippen LogP contribution in [0.25, 0.3) is 0 Å². The van der Waals surface area contributed by atoms with E-state index >= 15 is 0 Å². The lowest BCUT2D eigenvalue weighted by Gasteiger charge is -2.38. The van der Waals surface area contributed by atoms with Gasteiger partial charge in [-0.1, -0.05) is 39.0 Å². The van der Waals surface area contributed by atoms with E-state index in [1.165, 1.54) is 33.1 Å². The molecule has 1 N–H and O–H groups in total. The first kappa shape index (κ1) is 20.9. The summed E-state index contributed by atoms with van der Waals surface area (Å²) < 4.78 is 21.2. The fraction of sp³-hybridized carbons (Fsp3) is 0.882. The zero-order valence-electron chi connectivity index (χ0n) is 14.9. The summed E-state index contributed by atoms with van der Waals surface area (Å²) >= 11 is 0. The predicted molar refractivity (Wildman–Crippen MR) is 86.2 cm³/mol. The zero-order chi connectivity index (χ0) is 17.9. The molecule has 0 unspecified atom stereocenters. The molecule has 24 heavy (non-hydrogen) atoms. The summed E-state index contributed by atoms with van der Waals surface area (Å²) in [6, 6.07) is 0. The fourth-order valence-electron chi connectivity index (χ4n) is 2.61. The Kier molecular flexibility index (Phi) is 9.90. The third-order valence-electron chi connectivity index (χ3n) is 3.81. The number of carbonyl (C=O) groups excluding carboxylic acids is 2. The average Bonchev–Trinajstić information content (AvgIpc) is 2.51. The summed E-state index contributed by atoms with van der Waals surface area (Å²) in [6.45, 7) is 5.12. The molecule has 1 heterocycles. The van der Waals surface area contributed by atoms with Crippen molar-refractivity contribution in [3.05, 3.63) is 0 Å². The Hall–Kier alpha value is -1.18. The minimum atomic E-state index is -1.18. The van der Waals surface area contributed by atoms with Crippen molar-refractivity contribution in [1.29, 1.82) is 0 Å². The molecule has 0 aromatic carbocycles. The van der Waals surface area contributed by atoms with Gasteiger partial charge in [0.15, 0.2) is 18.5 Å². The summed E-state index contributed by atoms with van der Waals surface area (Å²) in [5.41, 5.74) is 0.